The van der Waals surface area contributed by atoms with Crippen LogP contribution in [-0.4, -0.2) is 22.5 Å². The molecular formula is C12H15BrN2O4. The van der Waals surface area contributed by atoms with Crippen LogP contribution in [0, 0.1) is 16.0 Å². The van der Waals surface area contributed by atoms with Crippen molar-refractivity contribution in [3.63, 3.8) is 0 Å². The molecule has 6 nitrogen and oxygen atoms in total. The van der Waals surface area contributed by atoms with Crippen molar-refractivity contribution in [2.24, 2.45) is 11.7 Å². The Kier molecular flexibility index (Phi) is 5.91. The number of nitrogens with two attached hydrogens (primary N) is 1. The van der Waals surface area contributed by atoms with Gasteiger partial charge in [-0.1, -0.05) is 22.0 Å². The molecule has 1 atom stereocenters. The molecule has 0 radical (unpaired) electrons. The predicted octanol–water partition coefficient (Wildman–Crippen LogP) is 2.34. The molecule has 0 fully saturated rings. The summed E-state index contributed by atoms with van der Waals surface area (Å²) in [6.07, 6.45) is 1.46. The summed E-state index contributed by atoms with van der Waals surface area (Å²) in [7, 11) is 0. The van der Waals surface area contributed by atoms with Gasteiger partial charge >= 0.3 is 5.97 Å². The lowest BCUT2D eigenvalue weighted by Crippen LogP contribution is -2.18. The molecule has 1 aromatic carbocycles. The molecule has 0 heterocycles. The summed E-state index contributed by atoms with van der Waals surface area (Å²) >= 11 is 3.24. The number of non-ortho nitro benzene ring substituents is 1. The summed E-state index contributed by atoms with van der Waals surface area (Å²) in [5, 5.41) is 19.7. The molecule has 0 bridgehead atoms. The highest BCUT2D eigenvalue weighted by Crippen LogP contribution is 2.26. The molecule has 1 rings (SSSR count). The van der Waals surface area contributed by atoms with E-state index in [2.05, 4.69) is 15.9 Å². The number of hydrogen-bond donors (Lipinski definition) is 2. The Labute approximate surface area is 118 Å². The fourth-order valence-electron chi connectivity index (χ4n) is 1.76. The van der Waals surface area contributed by atoms with E-state index in [4.69, 9.17) is 10.8 Å². The van der Waals surface area contributed by atoms with E-state index in [1.807, 2.05) is 0 Å². The number of carbonyl (C=O) groups is 1. The number of hydrogen-bond acceptors (Lipinski definition) is 4. The number of nitro benzene ring substituents is 1. The SMILES string of the molecule is NCCCC(Cc1ccc([N+](=O)[O-])cc1Br)C(=O)O. The number of nitrogens with zero attached hydrogens (tertiary/aromatic N) is 1. The number of carboxylic acids is 1. The van der Waals surface area contributed by atoms with Crippen LogP contribution in [0.2, 0.25) is 0 Å². The summed E-state index contributed by atoms with van der Waals surface area (Å²) in [6.45, 7) is 0.450. The third kappa shape index (κ3) is 4.60. The van der Waals surface area contributed by atoms with Crippen LogP contribution < -0.4 is 5.73 Å². The van der Waals surface area contributed by atoms with E-state index < -0.39 is 16.8 Å². The van der Waals surface area contributed by atoms with E-state index in [1.165, 1.54) is 12.1 Å². The first-order valence-electron chi connectivity index (χ1n) is 5.81. The molecule has 104 valence electrons. The van der Waals surface area contributed by atoms with Gasteiger partial charge in [-0.25, -0.2) is 0 Å². The van der Waals surface area contributed by atoms with Gasteiger partial charge in [0.2, 0.25) is 0 Å². The number of halogens is 1. The molecule has 0 aliphatic carbocycles. The van der Waals surface area contributed by atoms with Crippen molar-refractivity contribution in [1.29, 1.82) is 0 Å². The largest absolute Gasteiger partial charge is 0.481 e. The first-order valence-corrected chi connectivity index (χ1v) is 6.60. The smallest absolute Gasteiger partial charge is 0.306 e. The molecule has 0 spiro atoms. The van der Waals surface area contributed by atoms with Gasteiger partial charge < -0.3 is 10.8 Å². The lowest BCUT2D eigenvalue weighted by atomic mass is 9.95. The average Bonchev–Trinajstić information content (AvgIpc) is 2.35. The van der Waals surface area contributed by atoms with Crippen molar-refractivity contribution in [2.75, 3.05) is 6.54 Å². The Balaban J connectivity index is 2.84. The minimum Gasteiger partial charge on any atom is -0.481 e. The van der Waals surface area contributed by atoms with Gasteiger partial charge in [0.05, 0.1) is 10.8 Å². The van der Waals surface area contributed by atoms with Gasteiger partial charge in [-0.15, -0.1) is 0 Å². The maximum Gasteiger partial charge on any atom is 0.306 e. The number of aliphatic carboxylic acids is 1. The first kappa shape index (κ1) is 15.6. The molecule has 3 N–H and O–H groups in total. The molecule has 0 aliphatic rings. The molecule has 0 saturated carbocycles. The fourth-order valence-corrected chi connectivity index (χ4v) is 2.29. The third-order valence-electron chi connectivity index (χ3n) is 2.82. The maximum absolute atomic E-state index is 11.1. The number of carboxylic acid groups (broad SMARTS) is 1. The van der Waals surface area contributed by atoms with Gasteiger partial charge in [0.25, 0.3) is 5.69 Å². The number of rotatable bonds is 7. The van der Waals surface area contributed by atoms with E-state index in [0.29, 0.717) is 30.3 Å². The number of benzene rings is 1. The highest BCUT2D eigenvalue weighted by atomic mass is 79.9. The molecule has 0 aliphatic heterocycles. The van der Waals surface area contributed by atoms with Crippen LogP contribution in [0.5, 0.6) is 0 Å². The lowest BCUT2D eigenvalue weighted by molar-refractivity contribution is -0.384. The minimum atomic E-state index is -0.876. The average molecular weight is 331 g/mol. The van der Waals surface area contributed by atoms with E-state index in [1.54, 1.807) is 6.07 Å². The summed E-state index contributed by atoms with van der Waals surface area (Å²) < 4.78 is 0.556. The van der Waals surface area contributed by atoms with Gasteiger partial charge in [-0.2, -0.15) is 0 Å². The van der Waals surface area contributed by atoms with Crippen LogP contribution in [0.25, 0.3) is 0 Å². The first-order chi connectivity index (χ1) is 8.95. The van der Waals surface area contributed by atoms with E-state index in [9.17, 15) is 14.9 Å². The Bertz CT molecular complexity index is 479. The molecule has 0 amide bonds. The van der Waals surface area contributed by atoms with Gasteiger partial charge in [0.1, 0.15) is 0 Å². The van der Waals surface area contributed by atoms with Crippen molar-refractivity contribution in [2.45, 2.75) is 19.3 Å². The standard InChI is InChI=1S/C12H15BrN2O4/c13-11-7-10(15(18)19)4-3-8(11)6-9(12(16)17)2-1-5-14/h3-4,7,9H,1-2,5-6,14H2,(H,16,17). The molecule has 7 heteroatoms. The molecule has 19 heavy (non-hydrogen) atoms. The summed E-state index contributed by atoms with van der Waals surface area (Å²) in [5.74, 6) is -1.40. The maximum atomic E-state index is 11.1. The van der Waals surface area contributed by atoms with E-state index in [-0.39, 0.29) is 5.69 Å². The van der Waals surface area contributed by atoms with Crippen molar-refractivity contribution in [3.05, 3.63) is 38.3 Å². The Morgan fingerprint density at radius 2 is 2.21 bits per heavy atom. The van der Waals surface area contributed by atoms with Gasteiger partial charge in [0.15, 0.2) is 0 Å². The van der Waals surface area contributed by atoms with Crippen LogP contribution in [0.15, 0.2) is 22.7 Å². The molecule has 0 aromatic heterocycles. The van der Waals surface area contributed by atoms with Gasteiger partial charge in [-0.3, -0.25) is 14.9 Å². The highest BCUT2D eigenvalue weighted by Gasteiger charge is 2.19. The van der Waals surface area contributed by atoms with Crippen LogP contribution in [0.1, 0.15) is 18.4 Å². The van der Waals surface area contributed by atoms with Gasteiger partial charge in [0, 0.05) is 16.6 Å². The van der Waals surface area contributed by atoms with Crippen LogP contribution in [0.3, 0.4) is 0 Å². The molecular weight excluding hydrogens is 316 g/mol. The van der Waals surface area contributed by atoms with Crippen LogP contribution in [-0.2, 0) is 11.2 Å². The quantitative estimate of drug-likeness (QED) is 0.589. The summed E-state index contributed by atoms with van der Waals surface area (Å²) in [4.78, 5) is 21.3. The number of nitro groups is 1. The van der Waals surface area contributed by atoms with E-state index in [0.717, 1.165) is 5.56 Å². The Morgan fingerprint density at radius 3 is 2.68 bits per heavy atom. The van der Waals surface area contributed by atoms with Crippen LogP contribution in [0.4, 0.5) is 5.69 Å². The van der Waals surface area contributed by atoms with Gasteiger partial charge in [-0.05, 0) is 31.4 Å². The Morgan fingerprint density at radius 1 is 1.53 bits per heavy atom. The minimum absolute atomic E-state index is 0.0236. The Hall–Kier alpha value is -1.47. The normalized spacial score (nSPS) is 12.1. The second-order valence-corrected chi connectivity index (χ2v) is 5.06. The molecule has 1 unspecified atom stereocenters. The lowest BCUT2D eigenvalue weighted by Gasteiger charge is -2.12. The second kappa shape index (κ2) is 7.20. The van der Waals surface area contributed by atoms with Crippen molar-refractivity contribution < 1.29 is 14.8 Å². The topological polar surface area (TPSA) is 106 Å². The van der Waals surface area contributed by atoms with E-state index >= 15 is 0 Å². The zero-order valence-corrected chi connectivity index (χ0v) is 11.8. The summed E-state index contributed by atoms with van der Waals surface area (Å²) in [6, 6.07) is 4.35. The van der Waals surface area contributed by atoms with Crippen molar-refractivity contribution >= 4 is 27.6 Å². The monoisotopic (exact) mass is 330 g/mol. The zero-order valence-electron chi connectivity index (χ0n) is 10.2. The second-order valence-electron chi connectivity index (χ2n) is 4.20. The van der Waals surface area contributed by atoms with Crippen molar-refractivity contribution in [3.8, 4) is 0 Å². The highest BCUT2D eigenvalue weighted by molar-refractivity contribution is 9.10. The zero-order chi connectivity index (χ0) is 14.4. The fraction of sp³-hybridized carbons (Fsp3) is 0.417. The third-order valence-corrected chi connectivity index (χ3v) is 3.56. The summed E-state index contributed by atoms with van der Waals surface area (Å²) in [5.41, 5.74) is 6.10. The molecule has 1 aromatic rings. The van der Waals surface area contributed by atoms with Crippen molar-refractivity contribution in [1.82, 2.24) is 0 Å². The molecule has 0 saturated heterocycles. The van der Waals surface area contributed by atoms with Crippen LogP contribution >= 0.6 is 15.9 Å². The predicted molar refractivity (Wildman–Crippen MR) is 73.9 cm³/mol.